The van der Waals surface area contributed by atoms with Crippen LogP contribution >= 0.6 is 10.7 Å². The fourth-order valence-electron chi connectivity index (χ4n) is 1.18. The van der Waals surface area contributed by atoms with E-state index < -0.39 is 19.8 Å². The Balaban J connectivity index is 2.76. The van der Waals surface area contributed by atoms with E-state index in [2.05, 4.69) is 0 Å². The highest BCUT2D eigenvalue weighted by atomic mass is 35.7. The van der Waals surface area contributed by atoms with Crippen molar-refractivity contribution in [3.05, 3.63) is 24.0 Å². The molecule has 6 heteroatoms. The van der Waals surface area contributed by atoms with Crippen LogP contribution in [0.4, 0.5) is 4.39 Å². The van der Waals surface area contributed by atoms with Gasteiger partial charge in [-0.3, -0.25) is 0 Å². The summed E-state index contributed by atoms with van der Waals surface area (Å²) in [6.07, 6.45) is 0.844. The summed E-state index contributed by atoms with van der Waals surface area (Å²) in [5.41, 5.74) is 0. The average molecular weight is 281 g/mol. The van der Waals surface area contributed by atoms with Crippen LogP contribution in [0.25, 0.3) is 0 Å². The zero-order valence-corrected chi connectivity index (χ0v) is 11.2. The van der Waals surface area contributed by atoms with E-state index in [1.807, 2.05) is 13.8 Å². The highest BCUT2D eigenvalue weighted by molar-refractivity contribution is 8.13. The minimum absolute atomic E-state index is 0.298. The average Bonchev–Trinajstić information content (AvgIpc) is 2.14. The van der Waals surface area contributed by atoms with Crippen LogP contribution < -0.4 is 4.74 Å². The van der Waals surface area contributed by atoms with Gasteiger partial charge in [-0.05, 0) is 24.5 Å². The second kappa shape index (κ2) is 5.69. The smallest absolute Gasteiger partial charge is 0.264 e. The first-order chi connectivity index (χ1) is 7.80. The SMILES string of the molecule is CC(C)CCOc1ccc(S(=O)(=O)Cl)c(F)c1. The van der Waals surface area contributed by atoms with Gasteiger partial charge in [0.2, 0.25) is 0 Å². The van der Waals surface area contributed by atoms with E-state index in [9.17, 15) is 12.8 Å². The summed E-state index contributed by atoms with van der Waals surface area (Å²) in [6.45, 7) is 4.56. The zero-order valence-electron chi connectivity index (χ0n) is 9.61. The van der Waals surface area contributed by atoms with Crippen LogP contribution in [0.5, 0.6) is 5.75 Å². The predicted molar refractivity (Wildman–Crippen MR) is 64.4 cm³/mol. The molecule has 0 amide bonds. The maximum absolute atomic E-state index is 13.4. The summed E-state index contributed by atoms with van der Waals surface area (Å²) in [5, 5.41) is 0. The number of hydrogen-bond donors (Lipinski definition) is 0. The molecule has 0 unspecified atom stereocenters. The van der Waals surface area contributed by atoms with Crippen molar-refractivity contribution in [2.75, 3.05) is 6.61 Å². The van der Waals surface area contributed by atoms with Gasteiger partial charge in [0.15, 0.2) is 0 Å². The predicted octanol–water partition coefficient (Wildman–Crippen LogP) is 3.18. The van der Waals surface area contributed by atoms with Crippen LogP contribution in [0.1, 0.15) is 20.3 Å². The quantitative estimate of drug-likeness (QED) is 0.778. The van der Waals surface area contributed by atoms with Crippen molar-refractivity contribution in [3.63, 3.8) is 0 Å². The van der Waals surface area contributed by atoms with Gasteiger partial charge >= 0.3 is 0 Å². The maximum Gasteiger partial charge on any atom is 0.264 e. The Hall–Kier alpha value is -0.810. The maximum atomic E-state index is 13.4. The van der Waals surface area contributed by atoms with Crippen LogP contribution in [0.15, 0.2) is 23.1 Å². The van der Waals surface area contributed by atoms with Gasteiger partial charge in [0.05, 0.1) is 6.61 Å². The van der Waals surface area contributed by atoms with Crippen LogP contribution in [0, 0.1) is 11.7 Å². The van der Waals surface area contributed by atoms with Crippen molar-refractivity contribution < 1.29 is 17.5 Å². The van der Waals surface area contributed by atoms with Crippen LogP contribution in [0.2, 0.25) is 0 Å². The van der Waals surface area contributed by atoms with E-state index in [4.69, 9.17) is 15.4 Å². The van der Waals surface area contributed by atoms with E-state index in [1.54, 1.807) is 0 Å². The van der Waals surface area contributed by atoms with Gasteiger partial charge in [-0.25, -0.2) is 12.8 Å². The lowest BCUT2D eigenvalue weighted by atomic mass is 10.1. The van der Waals surface area contributed by atoms with Gasteiger partial charge in [0.1, 0.15) is 16.5 Å². The fraction of sp³-hybridized carbons (Fsp3) is 0.455. The summed E-state index contributed by atoms with van der Waals surface area (Å²) < 4.78 is 40.6. The van der Waals surface area contributed by atoms with Gasteiger partial charge in [0.25, 0.3) is 9.05 Å². The standard InChI is InChI=1S/C11H14ClFO3S/c1-8(2)5-6-16-9-3-4-11(10(13)7-9)17(12,14)15/h3-4,7-8H,5-6H2,1-2H3. The van der Waals surface area contributed by atoms with E-state index in [-0.39, 0.29) is 0 Å². The summed E-state index contributed by atoms with van der Waals surface area (Å²) >= 11 is 0. The monoisotopic (exact) mass is 280 g/mol. The summed E-state index contributed by atoms with van der Waals surface area (Å²) in [6, 6.07) is 3.51. The topological polar surface area (TPSA) is 43.4 Å². The lowest BCUT2D eigenvalue weighted by Gasteiger charge is -2.08. The Morgan fingerprint density at radius 1 is 1.41 bits per heavy atom. The van der Waals surface area contributed by atoms with Gasteiger partial charge in [-0.2, -0.15) is 0 Å². The lowest BCUT2D eigenvalue weighted by Crippen LogP contribution is -2.02. The van der Waals surface area contributed by atoms with Crippen LogP contribution in [-0.4, -0.2) is 15.0 Å². The van der Waals surface area contributed by atoms with Gasteiger partial charge in [-0.15, -0.1) is 0 Å². The molecule has 96 valence electrons. The Kier molecular flexibility index (Phi) is 4.77. The molecule has 0 saturated heterocycles. The Bertz CT molecular complexity index is 485. The second-order valence-corrected chi connectivity index (χ2v) is 6.60. The molecule has 3 nitrogen and oxygen atoms in total. The first kappa shape index (κ1) is 14.3. The number of benzene rings is 1. The largest absolute Gasteiger partial charge is 0.493 e. The van der Waals surface area contributed by atoms with Crippen molar-refractivity contribution in [3.8, 4) is 5.75 Å². The highest BCUT2D eigenvalue weighted by Gasteiger charge is 2.16. The van der Waals surface area contributed by atoms with Crippen LogP contribution in [0.3, 0.4) is 0 Å². The minimum Gasteiger partial charge on any atom is -0.493 e. The molecule has 1 aromatic rings. The van der Waals surface area contributed by atoms with Crippen molar-refractivity contribution in [2.24, 2.45) is 5.92 Å². The van der Waals surface area contributed by atoms with E-state index in [0.29, 0.717) is 18.3 Å². The summed E-state index contributed by atoms with van der Waals surface area (Å²) in [5.74, 6) is -0.114. The first-order valence-electron chi connectivity index (χ1n) is 5.17. The number of ether oxygens (including phenoxy) is 1. The number of hydrogen-bond acceptors (Lipinski definition) is 3. The van der Waals surface area contributed by atoms with Crippen molar-refractivity contribution in [1.82, 2.24) is 0 Å². The molecule has 0 N–H and O–H groups in total. The molecule has 0 atom stereocenters. The molecule has 0 aliphatic carbocycles. The number of rotatable bonds is 5. The van der Waals surface area contributed by atoms with Crippen molar-refractivity contribution in [2.45, 2.75) is 25.2 Å². The summed E-state index contributed by atoms with van der Waals surface area (Å²) in [7, 11) is 1.01. The Morgan fingerprint density at radius 3 is 2.53 bits per heavy atom. The molecule has 0 radical (unpaired) electrons. The van der Waals surface area contributed by atoms with E-state index in [0.717, 1.165) is 18.6 Å². The molecule has 1 rings (SSSR count). The Labute approximate surface area is 105 Å². The molecular weight excluding hydrogens is 267 g/mol. The molecule has 0 fully saturated rings. The third kappa shape index (κ3) is 4.52. The van der Waals surface area contributed by atoms with Gasteiger partial charge in [-0.1, -0.05) is 13.8 Å². The van der Waals surface area contributed by atoms with E-state index in [1.165, 1.54) is 6.07 Å². The molecular formula is C11H14ClFO3S. The molecule has 0 aromatic heterocycles. The van der Waals surface area contributed by atoms with Gasteiger partial charge in [0, 0.05) is 16.7 Å². The van der Waals surface area contributed by atoms with Crippen LogP contribution in [-0.2, 0) is 9.05 Å². The fourth-order valence-corrected chi connectivity index (χ4v) is 2.08. The van der Waals surface area contributed by atoms with Crippen molar-refractivity contribution in [1.29, 1.82) is 0 Å². The normalized spacial score (nSPS) is 11.8. The molecule has 0 aliphatic rings. The first-order valence-corrected chi connectivity index (χ1v) is 7.48. The molecule has 1 aromatic carbocycles. The molecule has 0 spiro atoms. The molecule has 0 bridgehead atoms. The Morgan fingerprint density at radius 2 is 2.06 bits per heavy atom. The molecule has 0 heterocycles. The third-order valence-corrected chi connectivity index (χ3v) is 3.49. The van der Waals surface area contributed by atoms with E-state index >= 15 is 0 Å². The molecule has 0 aliphatic heterocycles. The number of halogens is 2. The third-order valence-electron chi connectivity index (χ3n) is 2.13. The molecule has 0 saturated carbocycles. The highest BCUT2D eigenvalue weighted by Crippen LogP contribution is 2.23. The summed E-state index contributed by atoms with van der Waals surface area (Å²) in [4.78, 5) is -0.532. The zero-order chi connectivity index (χ0) is 13.1. The lowest BCUT2D eigenvalue weighted by molar-refractivity contribution is 0.288. The van der Waals surface area contributed by atoms with Gasteiger partial charge < -0.3 is 4.74 Å². The minimum atomic E-state index is -4.04. The van der Waals surface area contributed by atoms with Crippen molar-refractivity contribution >= 4 is 19.7 Å². The molecule has 17 heavy (non-hydrogen) atoms. The second-order valence-electron chi connectivity index (χ2n) is 4.06.